The molecule has 0 aliphatic heterocycles. The molecule has 1 heterocycles. The summed E-state index contributed by atoms with van der Waals surface area (Å²) in [5.74, 6) is 1.78. The monoisotopic (exact) mass is 490 g/mol. The molecule has 0 saturated heterocycles. The van der Waals surface area contributed by atoms with Crippen molar-refractivity contribution in [3.05, 3.63) is 52.8 Å². The van der Waals surface area contributed by atoms with Gasteiger partial charge >= 0.3 is 0 Å². The Morgan fingerprint density at radius 2 is 2.12 bits per heavy atom. The van der Waals surface area contributed by atoms with E-state index < -0.39 is 0 Å². The molecular weight excluding hydrogens is 463 g/mol. The highest BCUT2D eigenvalue weighted by Crippen LogP contribution is 2.15. The third-order valence-electron chi connectivity index (χ3n) is 3.95. The van der Waals surface area contributed by atoms with Gasteiger partial charge in [0.05, 0.1) is 18.2 Å². The fourth-order valence-electron chi connectivity index (χ4n) is 2.70. The zero-order valence-electron chi connectivity index (χ0n) is 15.8. The largest absolute Gasteiger partial charge is 0.494 e. The quantitative estimate of drug-likeness (QED) is 0.363. The second-order valence-corrected chi connectivity index (χ2v) is 6.36. The van der Waals surface area contributed by atoms with Crippen molar-refractivity contribution in [2.75, 3.05) is 27.2 Å². The summed E-state index contributed by atoms with van der Waals surface area (Å²) in [6, 6.07) is 10.2. The first-order valence-corrected chi connectivity index (χ1v) is 8.85. The fraction of sp³-hybridized carbons (Fsp3) is 0.421. The second-order valence-electron chi connectivity index (χ2n) is 5.92. The van der Waals surface area contributed by atoms with Crippen molar-refractivity contribution in [1.29, 1.82) is 0 Å². The van der Waals surface area contributed by atoms with E-state index in [2.05, 4.69) is 27.3 Å². The van der Waals surface area contributed by atoms with Gasteiger partial charge in [-0.15, -0.1) is 24.0 Å². The molecule has 0 amide bonds. The van der Waals surface area contributed by atoms with E-state index in [1.54, 1.807) is 7.05 Å². The summed E-state index contributed by atoms with van der Waals surface area (Å²) < 4.78 is 7.58. The van der Waals surface area contributed by atoms with Gasteiger partial charge in [0.15, 0.2) is 5.96 Å². The van der Waals surface area contributed by atoms with Crippen LogP contribution in [-0.4, -0.2) is 42.7 Å². The lowest BCUT2D eigenvalue weighted by molar-refractivity contribution is 0.340. The van der Waals surface area contributed by atoms with Crippen molar-refractivity contribution in [1.82, 2.24) is 14.8 Å². The maximum Gasteiger partial charge on any atom is 0.193 e. The third kappa shape index (κ3) is 6.72. The van der Waals surface area contributed by atoms with Gasteiger partial charge in [-0.05, 0) is 37.1 Å². The molecule has 0 aliphatic carbocycles. The van der Waals surface area contributed by atoms with Gasteiger partial charge in [-0.3, -0.25) is 4.99 Å². The van der Waals surface area contributed by atoms with Crippen molar-refractivity contribution in [2.45, 2.75) is 19.9 Å². The summed E-state index contributed by atoms with van der Waals surface area (Å²) in [5.41, 5.74) is 2.38. The van der Waals surface area contributed by atoms with E-state index in [1.807, 2.05) is 50.0 Å². The highest BCUT2D eigenvalue weighted by molar-refractivity contribution is 14.0. The zero-order chi connectivity index (χ0) is 18.2. The number of aliphatic imine (C=N–C) groups is 1. The van der Waals surface area contributed by atoms with Gasteiger partial charge in [0.1, 0.15) is 5.75 Å². The number of ether oxygens (including phenoxy) is 1. The van der Waals surface area contributed by atoms with Gasteiger partial charge in [0.25, 0.3) is 0 Å². The number of aryl methyl sites for hydroxylation is 1. The van der Waals surface area contributed by atoms with Crippen molar-refractivity contribution in [3.8, 4) is 5.75 Å². The molecule has 0 unspecified atom stereocenters. The van der Waals surface area contributed by atoms with Crippen LogP contribution >= 0.6 is 35.6 Å². The standard InChI is InChI=1S/C19H27ClN4O.HI/c1-5-25-18-8-6-7-15(11-18)9-10-22-19(21-2)24(4)14-17-12-16(20)13-23(17)3;/h6-8,11-13H,5,9-10,14H2,1-4H3,(H,21,22);1H. The number of hydrogen-bond donors (Lipinski definition) is 1. The minimum atomic E-state index is 0. The molecular formula is C19H28ClIN4O. The molecule has 0 bridgehead atoms. The second kappa shape index (κ2) is 11.3. The number of halogens is 2. The van der Waals surface area contributed by atoms with Crippen LogP contribution < -0.4 is 10.1 Å². The summed E-state index contributed by atoms with van der Waals surface area (Å²) in [6.07, 6.45) is 2.82. The van der Waals surface area contributed by atoms with E-state index in [1.165, 1.54) is 5.56 Å². The Bertz CT molecular complexity index is 717. The van der Waals surface area contributed by atoms with Gasteiger partial charge in [-0.25, -0.2) is 0 Å². The van der Waals surface area contributed by atoms with Gasteiger partial charge in [0.2, 0.25) is 0 Å². The molecule has 1 aromatic heterocycles. The SMILES string of the molecule is CCOc1cccc(CCNC(=NC)N(C)Cc2cc(Cl)cn2C)c1.I. The highest BCUT2D eigenvalue weighted by Gasteiger charge is 2.09. The lowest BCUT2D eigenvalue weighted by atomic mass is 10.1. The number of aromatic nitrogens is 1. The minimum absolute atomic E-state index is 0. The molecule has 0 fully saturated rings. The Morgan fingerprint density at radius 1 is 1.35 bits per heavy atom. The summed E-state index contributed by atoms with van der Waals surface area (Å²) in [7, 11) is 5.81. The minimum Gasteiger partial charge on any atom is -0.494 e. The first-order valence-electron chi connectivity index (χ1n) is 8.47. The number of guanidine groups is 1. The zero-order valence-corrected chi connectivity index (χ0v) is 18.9. The van der Waals surface area contributed by atoms with E-state index in [4.69, 9.17) is 16.3 Å². The molecule has 1 N–H and O–H groups in total. The van der Waals surface area contributed by atoms with Crippen molar-refractivity contribution < 1.29 is 4.74 Å². The number of nitrogens with one attached hydrogen (secondary N) is 1. The third-order valence-corrected chi connectivity index (χ3v) is 4.16. The molecule has 2 aromatic rings. The van der Waals surface area contributed by atoms with E-state index in [0.29, 0.717) is 6.61 Å². The maximum absolute atomic E-state index is 6.05. The molecule has 1 aromatic carbocycles. The molecule has 0 saturated carbocycles. The van der Waals surface area contributed by atoms with Gasteiger partial charge in [0, 0.05) is 39.6 Å². The Morgan fingerprint density at radius 3 is 2.73 bits per heavy atom. The van der Waals surface area contributed by atoms with Crippen molar-refractivity contribution >= 4 is 41.5 Å². The molecule has 26 heavy (non-hydrogen) atoms. The summed E-state index contributed by atoms with van der Waals surface area (Å²) in [6.45, 7) is 4.22. The van der Waals surface area contributed by atoms with Gasteiger partial charge in [-0.1, -0.05) is 23.7 Å². The normalized spacial score (nSPS) is 11.0. The number of hydrogen-bond acceptors (Lipinski definition) is 2. The lowest BCUT2D eigenvalue weighted by Crippen LogP contribution is -2.39. The number of benzene rings is 1. The lowest BCUT2D eigenvalue weighted by Gasteiger charge is -2.22. The first kappa shape index (κ1) is 22.6. The maximum atomic E-state index is 6.05. The molecule has 0 atom stereocenters. The van der Waals surface area contributed by atoms with Crippen LogP contribution in [0.4, 0.5) is 0 Å². The molecule has 0 aliphatic rings. The Labute approximate surface area is 178 Å². The Kier molecular flexibility index (Phi) is 9.87. The molecule has 0 radical (unpaired) electrons. The number of rotatable bonds is 7. The van der Waals surface area contributed by atoms with Crippen LogP contribution in [0.1, 0.15) is 18.2 Å². The highest BCUT2D eigenvalue weighted by atomic mass is 127. The van der Waals surface area contributed by atoms with Crippen LogP contribution in [-0.2, 0) is 20.0 Å². The first-order chi connectivity index (χ1) is 12.0. The summed E-state index contributed by atoms with van der Waals surface area (Å²) in [4.78, 5) is 6.45. The summed E-state index contributed by atoms with van der Waals surface area (Å²) in [5, 5.41) is 4.16. The van der Waals surface area contributed by atoms with Gasteiger partial charge < -0.3 is 19.5 Å². The fourth-order valence-corrected chi connectivity index (χ4v) is 2.97. The van der Waals surface area contributed by atoms with E-state index in [0.717, 1.165) is 41.9 Å². The molecule has 7 heteroatoms. The Balaban J connectivity index is 0.00000338. The number of nitrogens with zero attached hydrogens (tertiary/aromatic N) is 3. The van der Waals surface area contributed by atoms with Crippen LogP contribution in [0.3, 0.4) is 0 Å². The average Bonchev–Trinajstić information content (AvgIpc) is 2.89. The smallest absolute Gasteiger partial charge is 0.193 e. The van der Waals surface area contributed by atoms with Crippen LogP contribution in [0.2, 0.25) is 5.02 Å². The van der Waals surface area contributed by atoms with E-state index in [-0.39, 0.29) is 24.0 Å². The Hall–Kier alpha value is -1.41. The predicted octanol–water partition coefficient (Wildman–Crippen LogP) is 3.95. The molecule has 0 spiro atoms. The van der Waals surface area contributed by atoms with Crippen LogP contribution in [0, 0.1) is 0 Å². The van der Waals surface area contributed by atoms with E-state index in [9.17, 15) is 0 Å². The van der Waals surface area contributed by atoms with Gasteiger partial charge in [-0.2, -0.15) is 0 Å². The molecule has 5 nitrogen and oxygen atoms in total. The van der Waals surface area contributed by atoms with Crippen LogP contribution in [0.5, 0.6) is 5.75 Å². The molecule has 144 valence electrons. The average molecular weight is 491 g/mol. The summed E-state index contributed by atoms with van der Waals surface area (Å²) >= 11 is 6.05. The van der Waals surface area contributed by atoms with Crippen molar-refractivity contribution in [3.63, 3.8) is 0 Å². The molecule has 2 rings (SSSR count). The van der Waals surface area contributed by atoms with Crippen molar-refractivity contribution in [2.24, 2.45) is 12.0 Å². The topological polar surface area (TPSA) is 41.8 Å². The van der Waals surface area contributed by atoms with E-state index >= 15 is 0 Å². The van der Waals surface area contributed by atoms with Crippen LogP contribution in [0.15, 0.2) is 41.5 Å². The predicted molar refractivity (Wildman–Crippen MR) is 120 cm³/mol. The van der Waals surface area contributed by atoms with Crippen LogP contribution in [0.25, 0.3) is 0 Å².